The molecule has 0 fully saturated rings. The third kappa shape index (κ3) is 57.7. The molecular formula is C65H127NO5. The molecule has 0 aromatic heterocycles. The van der Waals surface area contributed by atoms with Crippen molar-refractivity contribution in [2.24, 2.45) is 0 Å². The minimum Gasteiger partial charge on any atom is -0.466 e. The van der Waals surface area contributed by atoms with Gasteiger partial charge in [-0.15, -0.1) is 0 Å². The van der Waals surface area contributed by atoms with Crippen molar-refractivity contribution in [1.29, 1.82) is 0 Å². The summed E-state index contributed by atoms with van der Waals surface area (Å²) in [6.07, 6.45) is 73.8. The van der Waals surface area contributed by atoms with Crippen LogP contribution in [0.4, 0.5) is 0 Å². The van der Waals surface area contributed by atoms with E-state index in [1.54, 1.807) is 0 Å². The number of hydrogen-bond donors (Lipinski definition) is 3. The fraction of sp³-hybridized carbons (Fsp3) is 0.938. The zero-order valence-electron chi connectivity index (χ0n) is 48.2. The van der Waals surface area contributed by atoms with Crippen LogP contribution >= 0.6 is 0 Å². The first-order valence-corrected chi connectivity index (χ1v) is 32.4. The number of rotatable bonds is 61. The molecule has 0 heterocycles. The maximum absolute atomic E-state index is 12.5. The van der Waals surface area contributed by atoms with E-state index < -0.39 is 12.1 Å². The summed E-state index contributed by atoms with van der Waals surface area (Å²) in [5.41, 5.74) is 0. The van der Waals surface area contributed by atoms with Gasteiger partial charge < -0.3 is 20.3 Å². The van der Waals surface area contributed by atoms with E-state index in [9.17, 15) is 19.8 Å². The number of unbranched alkanes of at least 4 members (excludes halogenated alkanes) is 48. The van der Waals surface area contributed by atoms with Crippen LogP contribution in [0.3, 0.4) is 0 Å². The van der Waals surface area contributed by atoms with Gasteiger partial charge in [0.2, 0.25) is 5.91 Å². The molecule has 6 nitrogen and oxygen atoms in total. The van der Waals surface area contributed by atoms with Crippen molar-refractivity contribution in [2.75, 3.05) is 13.2 Å². The molecule has 0 aliphatic rings. The van der Waals surface area contributed by atoms with Gasteiger partial charge in [0.1, 0.15) is 0 Å². The van der Waals surface area contributed by atoms with Crippen LogP contribution in [-0.4, -0.2) is 47.4 Å². The van der Waals surface area contributed by atoms with Crippen molar-refractivity contribution < 1.29 is 24.5 Å². The lowest BCUT2D eigenvalue weighted by atomic mass is 10.0. The summed E-state index contributed by atoms with van der Waals surface area (Å²) in [6.45, 7) is 4.98. The standard InChI is InChI=1S/C65H127NO5/c1-3-5-7-9-11-13-15-17-18-31-35-39-43-47-51-55-59-65(70)71-60-56-52-48-44-40-36-32-29-27-25-23-21-19-20-22-24-26-28-30-34-38-42-46-50-54-58-64(69)66-62(61-67)63(68)57-53-49-45-41-37-33-16-14-12-10-8-6-4-2/h20,22,62-63,67-68H,3-19,21,23-61H2,1-2H3,(H,66,69)/b22-20-. The quantitative estimate of drug-likeness (QED) is 0.0320. The fourth-order valence-electron chi connectivity index (χ4n) is 10.3. The molecular weight excluding hydrogens is 875 g/mol. The average molecular weight is 1000 g/mol. The minimum atomic E-state index is -0.665. The van der Waals surface area contributed by atoms with Crippen LogP contribution < -0.4 is 5.32 Å². The van der Waals surface area contributed by atoms with Crippen LogP contribution in [-0.2, 0) is 14.3 Å². The summed E-state index contributed by atoms with van der Waals surface area (Å²) in [4.78, 5) is 24.5. The lowest BCUT2D eigenvalue weighted by Crippen LogP contribution is -2.45. The minimum absolute atomic E-state index is 0.0177. The van der Waals surface area contributed by atoms with Crippen molar-refractivity contribution in [2.45, 2.75) is 379 Å². The normalized spacial score (nSPS) is 12.6. The molecule has 6 heteroatoms. The predicted octanol–water partition coefficient (Wildman–Crippen LogP) is 20.4. The van der Waals surface area contributed by atoms with Gasteiger partial charge in [0, 0.05) is 12.8 Å². The topological polar surface area (TPSA) is 95.9 Å². The second-order valence-electron chi connectivity index (χ2n) is 22.5. The van der Waals surface area contributed by atoms with Gasteiger partial charge in [0.15, 0.2) is 0 Å². The Kier molecular flexibility index (Phi) is 59.9. The van der Waals surface area contributed by atoms with Crippen molar-refractivity contribution in [1.82, 2.24) is 5.32 Å². The van der Waals surface area contributed by atoms with E-state index in [1.165, 1.54) is 295 Å². The molecule has 71 heavy (non-hydrogen) atoms. The summed E-state index contributed by atoms with van der Waals surface area (Å²) in [5, 5.41) is 23.3. The average Bonchev–Trinajstić information content (AvgIpc) is 3.37. The van der Waals surface area contributed by atoms with Gasteiger partial charge in [0.05, 0.1) is 25.4 Å². The van der Waals surface area contributed by atoms with Crippen LogP contribution in [0.15, 0.2) is 12.2 Å². The predicted molar refractivity (Wildman–Crippen MR) is 310 cm³/mol. The third-order valence-corrected chi connectivity index (χ3v) is 15.3. The largest absolute Gasteiger partial charge is 0.466 e. The van der Waals surface area contributed by atoms with E-state index in [1.807, 2.05) is 0 Å². The molecule has 2 unspecified atom stereocenters. The zero-order valence-corrected chi connectivity index (χ0v) is 48.2. The molecule has 0 saturated carbocycles. The Morgan fingerprint density at radius 2 is 0.662 bits per heavy atom. The van der Waals surface area contributed by atoms with Gasteiger partial charge in [-0.3, -0.25) is 9.59 Å². The molecule has 0 saturated heterocycles. The van der Waals surface area contributed by atoms with Crippen molar-refractivity contribution in [3.8, 4) is 0 Å². The summed E-state index contributed by atoms with van der Waals surface area (Å²) in [6, 6.07) is -0.542. The molecule has 422 valence electrons. The maximum atomic E-state index is 12.5. The molecule has 1 amide bonds. The molecule has 0 aromatic carbocycles. The third-order valence-electron chi connectivity index (χ3n) is 15.3. The fourth-order valence-corrected chi connectivity index (χ4v) is 10.3. The van der Waals surface area contributed by atoms with E-state index in [0.29, 0.717) is 25.9 Å². The number of amides is 1. The van der Waals surface area contributed by atoms with Crippen LogP contribution in [0, 0.1) is 0 Å². The summed E-state index contributed by atoms with van der Waals surface area (Å²) in [7, 11) is 0. The molecule has 0 aliphatic heterocycles. The number of carbonyl (C=O) groups is 2. The number of esters is 1. The Morgan fingerprint density at radius 1 is 0.380 bits per heavy atom. The molecule has 0 rings (SSSR count). The molecule has 3 N–H and O–H groups in total. The summed E-state index contributed by atoms with van der Waals surface area (Å²) in [5.74, 6) is -0.0186. The first kappa shape index (κ1) is 69.6. The van der Waals surface area contributed by atoms with Crippen LogP contribution in [0.25, 0.3) is 0 Å². The number of aliphatic hydroxyl groups excluding tert-OH is 2. The molecule has 0 aliphatic carbocycles. The molecule has 2 atom stereocenters. The Morgan fingerprint density at radius 3 is 1.00 bits per heavy atom. The number of carbonyl (C=O) groups excluding carboxylic acids is 2. The molecule has 0 bridgehead atoms. The van der Waals surface area contributed by atoms with E-state index in [4.69, 9.17) is 4.74 Å². The number of nitrogens with one attached hydrogen (secondary N) is 1. The van der Waals surface area contributed by atoms with Crippen molar-refractivity contribution in [3.05, 3.63) is 12.2 Å². The van der Waals surface area contributed by atoms with Crippen LogP contribution in [0.5, 0.6) is 0 Å². The highest BCUT2D eigenvalue weighted by atomic mass is 16.5. The Balaban J connectivity index is 3.36. The summed E-state index contributed by atoms with van der Waals surface area (Å²) < 4.78 is 5.50. The van der Waals surface area contributed by atoms with Gasteiger partial charge >= 0.3 is 5.97 Å². The van der Waals surface area contributed by atoms with Gasteiger partial charge in [-0.1, -0.05) is 315 Å². The second-order valence-corrected chi connectivity index (χ2v) is 22.5. The molecule has 0 spiro atoms. The second kappa shape index (κ2) is 61.1. The lowest BCUT2D eigenvalue weighted by molar-refractivity contribution is -0.143. The number of allylic oxidation sites excluding steroid dienone is 2. The zero-order chi connectivity index (χ0) is 51.4. The number of hydrogen-bond acceptors (Lipinski definition) is 5. The number of aliphatic hydroxyl groups is 2. The Labute approximate surface area is 444 Å². The van der Waals surface area contributed by atoms with E-state index in [-0.39, 0.29) is 18.5 Å². The van der Waals surface area contributed by atoms with Crippen LogP contribution in [0.1, 0.15) is 367 Å². The van der Waals surface area contributed by atoms with Crippen molar-refractivity contribution >= 4 is 11.9 Å². The maximum Gasteiger partial charge on any atom is 0.305 e. The summed E-state index contributed by atoms with van der Waals surface area (Å²) >= 11 is 0. The highest BCUT2D eigenvalue weighted by molar-refractivity contribution is 5.76. The first-order chi connectivity index (χ1) is 35.0. The SMILES string of the molecule is CCCCCCCCCCCCCCCCCCC(=O)OCCCCCCCCCCCCCC/C=C\CCCCCCCCCCCC(=O)NC(CO)C(O)CCCCCCCCCCCCCCC. The van der Waals surface area contributed by atoms with Gasteiger partial charge in [-0.25, -0.2) is 0 Å². The Hall–Kier alpha value is -1.40. The van der Waals surface area contributed by atoms with Crippen molar-refractivity contribution in [3.63, 3.8) is 0 Å². The van der Waals surface area contributed by atoms with E-state index in [2.05, 4.69) is 31.3 Å². The first-order valence-electron chi connectivity index (χ1n) is 32.4. The smallest absolute Gasteiger partial charge is 0.305 e. The lowest BCUT2D eigenvalue weighted by Gasteiger charge is -2.22. The van der Waals surface area contributed by atoms with E-state index in [0.717, 1.165) is 38.5 Å². The molecule has 0 radical (unpaired) electrons. The molecule has 0 aromatic rings. The van der Waals surface area contributed by atoms with Gasteiger partial charge in [0.25, 0.3) is 0 Å². The van der Waals surface area contributed by atoms with Crippen LogP contribution in [0.2, 0.25) is 0 Å². The van der Waals surface area contributed by atoms with Gasteiger partial charge in [-0.2, -0.15) is 0 Å². The highest BCUT2D eigenvalue weighted by Crippen LogP contribution is 2.18. The van der Waals surface area contributed by atoms with Gasteiger partial charge in [-0.05, 0) is 51.4 Å². The number of ether oxygens (including phenoxy) is 1. The monoisotopic (exact) mass is 1000 g/mol. The van der Waals surface area contributed by atoms with E-state index >= 15 is 0 Å². The Bertz CT molecular complexity index is 1060. The highest BCUT2D eigenvalue weighted by Gasteiger charge is 2.20.